The highest BCUT2D eigenvalue weighted by molar-refractivity contribution is 6.03. The molecule has 2 rings (SSSR count). The van der Waals surface area contributed by atoms with Crippen LogP contribution in [-0.4, -0.2) is 25.0 Å². The average molecular weight is 262 g/mol. The van der Waals surface area contributed by atoms with Crippen LogP contribution in [0.2, 0.25) is 0 Å². The van der Waals surface area contributed by atoms with E-state index in [1.165, 1.54) is 0 Å². The van der Waals surface area contributed by atoms with Crippen molar-refractivity contribution in [1.82, 2.24) is 0 Å². The Morgan fingerprint density at radius 1 is 1.16 bits per heavy atom. The summed E-state index contributed by atoms with van der Waals surface area (Å²) in [5, 5.41) is 0. The quantitative estimate of drug-likeness (QED) is 0.605. The Hall–Kier alpha value is -1.84. The molecule has 0 saturated heterocycles. The first-order valence-corrected chi connectivity index (χ1v) is 6.52. The van der Waals surface area contributed by atoms with Crippen molar-refractivity contribution in [3.8, 4) is 5.75 Å². The van der Waals surface area contributed by atoms with Gasteiger partial charge >= 0.3 is 0 Å². The zero-order chi connectivity index (χ0) is 13.7. The minimum atomic E-state index is -0.964. The smallest absolute Gasteiger partial charge is 0.294 e. The number of hydrogen-bond acceptors (Lipinski definition) is 4. The maximum atomic E-state index is 12.6. The molecule has 0 spiro atoms. The summed E-state index contributed by atoms with van der Waals surface area (Å²) in [6, 6.07) is 6.91. The molecule has 4 nitrogen and oxygen atoms in total. The molecule has 0 radical (unpaired) electrons. The fourth-order valence-corrected chi connectivity index (χ4v) is 2.62. The SMILES string of the molecule is COc1ccc(C(=O)C2(OC=O)CCCCC2)cc1. The third kappa shape index (κ3) is 2.78. The summed E-state index contributed by atoms with van der Waals surface area (Å²) in [6.45, 7) is 0.396. The van der Waals surface area contributed by atoms with E-state index < -0.39 is 5.60 Å². The second-order valence-corrected chi connectivity index (χ2v) is 4.83. The minimum absolute atomic E-state index is 0.109. The number of ketones is 1. The monoisotopic (exact) mass is 262 g/mol. The maximum absolute atomic E-state index is 12.6. The lowest BCUT2D eigenvalue weighted by molar-refractivity contribution is -0.141. The summed E-state index contributed by atoms with van der Waals surface area (Å²) < 4.78 is 10.3. The Bertz CT molecular complexity index is 444. The molecule has 4 heteroatoms. The van der Waals surface area contributed by atoms with Crippen LogP contribution < -0.4 is 4.74 Å². The summed E-state index contributed by atoms with van der Waals surface area (Å²) in [5.74, 6) is 0.590. The van der Waals surface area contributed by atoms with Gasteiger partial charge in [-0.25, -0.2) is 0 Å². The maximum Gasteiger partial charge on any atom is 0.294 e. The summed E-state index contributed by atoms with van der Waals surface area (Å²) in [5.41, 5.74) is -0.404. The number of hydrogen-bond donors (Lipinski definition) is 0. The molecule has 1 aliphatic carbocycles. The number of Topliss-reactive ketones (excluding diaryl/α,β-unsaturated/α-hetero) is 1. The molecule has 1 aromatic rings. The highest BCUT2D eigenvalue weighted by Crippen LogP contribution is 2.34. The first-order chi connectivity index (χ1) is 9.22. The molecule has 0 aliphatic heterocycles. The molecule has 19 heavy (non-hydrogen) atoms. The lowest BCUT2D eigenvalue weighted by atomic mass is 9.79. The van der Waals surface area contributed by atoms with Gasteiger partial charge in [0, 0.05) is 5.56 Å². The van der Waals surface area contributed by atoms with Crippen LogP contribution in [-0.2, 0) is 9.53 Å². The second-order valence-electron chi connectivity index (χ2n) is 4.83. The topological polar surface area (TPSA) is 52.6 Å². The van der Waals surface area contributed by atoms with Crippen molar-refractivity contribution in [3.63, 3.8) is 0 Å². The third-order valence-electron chi connectivity index (χ3n) is 3.70. The third-order valence-corrected chi connectivity index (χ3v) is 3.70. The molecular formula is C15H18O4. The van der Waals surface area contributed by atoms with Crippen LogP contribution in [0.25, 0.3) is 0 Å². The molecule has 1 saturated carbocycles. The second kappa shape index (κ2) is 5.87. The predicted octanol–water partition coefficient (Wildman–Crippen LogP) is 2.75. The molecule has 1 fully saturated rings. The largest absolute Gasteiger partial charge is 0.497 e. The zero-order valence-electron chi connectivity index (χ0n) is 11.1. The van der Waals surface area contributed by atoms with Crippen molar-refractivity contribution >= 4 is 12.3 Å². The van der Waals surface area contributed by atoms with Crippen LogP contribution >= 0.6 is 0 Å². The van der Waals surface area contributed by atoms with E-state index in [0.29, 0.717) is 30.6 Å². The van der Waals surface area contributed by atoms with E-state index >= 15 is 0 Å². The van der Waals surface area contributed by atoms with Gasteiger partial charge in [0.25, 0.3) is 6.47 Å². The molecule has 0 N–H and O–H groups in total. The molecular weight excluding hydrogens is 244 g/mol. The Balaban J connectivity index is 2.24. The fraction of sp³-hybridized carbons (Fsp3) is 0.467. The van der Waals surface area contributed by atoms with E-state index in [-0.39, 0.29) is 5.78 Å². The van der Waals surface area contributed by atoms with Crippen LogP contribution in [0, 0.1) is 0 Å². The van der Waals surface area contributed by atoms with Crippen molar-refractivity contribution in [1.29, 1.82) is 0 Å². The van der Waals surface area contributed by atoms with Crippen LogP contribution in [0.5, 0.6) is 5.75 Å². The van der Waals surface area contributed by atoms with Gasteiger partial charge in [0.1, 0.15) is 5.75 Å². The molecule has 1 aliphatic rings. The van der Waals surface area contributed by atoms with E-state index in [4.69, 9.17) is 9.47 Å². The summed E-state index contributed by atoms with van der Waals surface area (Å²) in [6.07, 6.45) is 4.12. The number of rotatable bonds is 5. The van der Waals surface area contributed by atoms with Gasteiger partial charge in [0.05, 0.1) is 7.11 Å². The summed E-state index contributed by atoms with van der Waals surface area (Å²) in [7, 11) is 1.58. The van der Waals surface area contributed by atoms with Gasteiger partial charge in [-0.05, 0) is 49.9 Å². The molecule has 0 aromatic heterocycles. The van der Waals surface area contributed by atoms with Gasteiger partial charge in [-0.2, -0.15) is 0 Å². The lowest BCUT2D eigenvalue weighted by Gasteiger charge is -2.33. The van der Waals surface area contributed by atoms with Gasteiger partial charge in [0.15, 0.2) is 5.60 Å². The Morgan fingerprint density at radius 2 is 1.79 bits per heavy atom. The first kappa shape index (κ1) is 13.6. The van der Waals surface area contributed by atoms with Crippen molar-refractivity contribution < 1.29 is 19.1 Å². The minimum Gasteiger partial charge on any atom is -0.497 e. The number of ether oxygens (including phenoxy) is 2. The normalized spacial score (nSPS) is 17.5. The Kier molecular flexibility index (Phi) is 4.20. The van der Waals surface area contributed by atoms with E-state index in [2.05, 4.69) is 0 Å². The zero-order valence-corrected chi connectivity index (χ0v) is 11.1. The van der Waals surface area contributed by atoms with Crippen LogP contribution in [0.4, 0.5) is 0 Å². The van der Waals surface area contributed by atoms with Crippen molar-refractivity contribution in [2.24, 2.45) is 0 Å². The van der Waals surface area contributed by atoms with Gasteiger partial charge in [-0.1, -0.05) is 6.42 Å². The van der Waals surface area contributed by atoms with Crippen LogP contribution in [0.15, 0.2) is 24.3 Å². The highest BCUT2D eigenvalue weighted by atomic mass is 16.5. The van der Waals surface area contributed by atoms with Crippen LogP contribution in [0.3, 0.4) is 0 Å². The molecule has 102 valence electrons. The van der Waals surface area contributed by atoms with E-state index in [1.54, 1.807) is 31.4 Å². The van der Waals surface area contributed by atoms with E-state index in [9.17, 15) is 9.59 Å². The Morgan fingerprint density at radius 3 is 2.32 bits per heavy atom. The molecule has 0 heterocycles. The molecule has 0 bridgehead atoms. The van der Waals surface area contributed by atoms with Crippen molar-refractivity contribution in [2.45, 2.75) is 37.7 Å². The van der Waals surface area contributed by atoms with Gasteiger partial charge < -0.3 is 9.47 Å². The van der Waals surface area contributed by atoms with Crippen LogP contribution in [0.1, 0.15) is 42.5 Å². The van der Waals surface area contributed by atoms with Gasteiger partial charge in [0.2, 0.25) is 5.78 Å². The lowest BCUT2D eigenvalue weighted by Crippen LogP contribution is -2.43. The molecule has 0 atom stereocenters. The Labute approximate surface area is 112 Å². The van der Waals surface area contributed by atoms with Gasteiger partial charge in [-0.15, -0.1) is 0 Å². The number of benzene rings is 1. The van der Waals surface area contributed by atoms with Crippen molar-refractivity contribution in [2.75, 3.05) is 7.11 Å². The number of carbonyl (C=O) groups is 2. The molecule has 0 unspecified atom stereocenters. The van der Waals surface area contributed by atoms with E-state index in [1.807, 2.05) is 0 Å². The molecule has 0 amide bonds. The first-order valence-electron chi connectivity index (χ1n) is 6.52. The highest BCUT2D eigenvalue weighted by Gasteiger charge is 2.41. The molecule has 1 aromatic carbocycles. The fourth-order valence-electron chi connectivity index (χ4n) is 2.62. The van der Waals surface area contributed by atoms with Crippen molar-refractivity contribution in [3.05, 3.63) is 29.8 Å². The number of carbonyl (C=O) groups excluding carboxylic acids is 2. The summed E-state index contributed by atoms with van der Waals surface area (Å²) in [4.78, 5) is 23.3. The standard InChI is InChI=1S/C15H18O4/c1-18-13-7-5-12(6-8-13)14(17)15(19-11-16)9-3-2-4-10-15/h5-8,11H,2-4,9-10H2,1H3. The van der Waals surface area contributed by atoms with E-state index in [0.717, 1.165) is 19.3 Å². The average Bonchev–Trinajstić information content (AvgIpc) is 2.48. The number of methoxy groups -OCH3 is 1. The predicted molar refractivity (Wildman–Crippen MR) is 70.3 cm³/mol. The van der Waals surface area contributed by atoms with Gasteiger partial charge in [-0.3, -0.25) is 9.59 Å². The summed E-state index contributed by atoms with van der Waals surface area (Å²) >= 11 is 0.